The Labute approximate surface area is 292 Å². The molecule has 0 aliphatic carbocycles. The SMILES string of the molecule is CCc1c(N2CCN(C(=O)c3nsc4c3NCCC4)CC2)c(=O)n2nc(C3=CCOCC3)nc2n1CC(=O)Nc1ccc(C(F)(F)F)cc1Cl. The van der Waals surface area contributed by atoms with Crippen LogP contribution in [0.4, 0.5) is 30.2 Å². The number of hydrogen-bond donors (Lipinski definition) is 2. The van der Waals surface area contributed by atoms with Crippen LogP contribution in [0.2, 0.25) is 5.02 Å². The van der Waals surface area contributed by atoms with Gasteiger partial charge >= 0.3 is 6.18 Å². The minimum atomic E-state index is -4.60. The maximum Gasteiger partial charge on any atom is 0.416 e. The Bertz CT molecular complexity index is 2070. The summed E-state index contributed by atoms with van der Waals surface area (Å²) < 4.78 is 52.3. The van der Waals surface area contributed by atoms with Crippen molar-refractivity contribution in [3.05, 3.63) is 67.3 Å². The van der Waals surface area contributed by atoms with Crippen LogP contribution >= 0.6 is 23.1 Å². The molecule has 3 aliphatic rings. The zero-order valence-corrected chi connectivity index (χ0v) is 28.6. The summed E-state index contributed by atoms with van der Waals surface area (Å²) in [6, 6.07) is 2.69. The third-order valence-electron chi connectivity index (χ3n) is 9.01. The zero-order valence-electron chi connectivity index (χ0n) is 27.0. The summed E-state index contributed by atoms with van der Waals surface area (Å²) in [7, 11) is 0. The summed E-state index contributed by atoms with van der Waals surface area (Å²) >= 11 is 7.47. The quantitative estimate of drug-likeness (QED) is 0.284. The molecule has 13 nitrogen and oxygen atoms in total. The molecule has 3 aliphatic heterocycles. The van der Waals surface area contributed by atoms with Crippen molar-refractivity contribution in [2.24, 2.45) is 0 Å². The van der Waals surface area contributed by atoms with Crippen molar-refractivity contribution in [2.75, 3.05) is 61.5 Å². The van der Waals surface area contributed by atoms with Crippen LogP contribution in [0.1, 0.15) is 52.2 Å². The summed E-state index contributed by atoms with van der Waals surface area (Å²) in [5.74, 6) is -0.283. The highest BCUT2D eigenvalue weighted by Crippen LogP contribution is 2.34. The molecular weight excluding hydrogens is 699 g/mol. The van der Waals surface area contributed by atoms with Crippen LogP contribution in [-0.2, 0) is 35.1 Å². The highest BCUT2D eigenvalue weighted by Gasteiger charge is 2.33. The molecule has 6 heterocycles. The number of piperazine rings is 1. The fourth-order valence-corrected chi connectivity index (χ4v) is 7.58. The molecule has 0 spiro atoms. The van der Waals surface area contributed by atoms with Gasteiger partial charge < -0.3 is 29.7 Å². The van der Waals surface area contributed by atoms with Crippen molar-refractivity contribution >= 4 is 63.4 Å². The van der Waals surface area contributed by atoms with Gasteiger partial charge in [0.2, 0.25) is 11.7 Å². The van der Waals surface area contributed by atoms with Gasteiger partial charge in [-0.2, -0.15) is 27.0 Å². The van der Waals surface area contributed by atoms with Crippen LogP contribution in [-0.4, -0.2) is 86.2 Å². The molecule has 7 rings (SSSR count). The van der Waals surface area contributed by atoms with E-state index in [-0.39, 0.29) is 28.9 Å². The Morgan fingerprint density at radius 3 is 2.66 bits per heavy atom. The van der Waals surface area contributed by atoms with Crippen LogP contribution in [0.25, 0.3) is 11.4 Å². The first kappa shape index (κ1) is 34.0. The van der Waals surface area contributed by atoms with Crippen molar-refractivity contribution in [3.8, 4) is 0 Å². The second-order valence-corrected chi connectivity index (χ2v) is 13.4. The average Bonchev–Trinajstić information content (AvgIpc) is 3.76. The molecular formula is C32H33ClF3N9O4S. The van der Waals surface area contributed by atoms with Crippen LogP contribution in [0, 0.1) is 0 Å². The van der Waals surface area contributed by atoms with E-state index in [1.165, 1.54) is 16.0 Å². The zero-order chi connectivity index (χ0) is 35.2. The lowest BCUT2D eigenvalue weighted by atomic mass is 10.1. The van der Waals surface area contributed by atoms with Crippen molar-refractivity contribution in [3.63, 3.8) is 0 Å². The number of ether oxygens (including phenoxy) is 1. The summed E-state index contributed by atoms with van der Waals surface area (Å²) in [5.41, 5.74) is 1.54. The van der Waals surface area contributed by atoms with Crippen molar-refractivity contribution in [1.82, 2.24) is 28.4 Å². The Balaban J connectivity index is 1.21. The second-order valence-electron chi connectivity index (χ2n) is 12.1. The fourth-order valence-electron chi connectivity index (χ4n) is 6.49. The Hall–Kier alpha value is -4.48. The van der Waals surface area contributed by atoms with Crippen molar-refractivity contribution < 1.29 is 27.5 Å². The van der Waals surface area contributed by atoms with Crippen molar-refractivity contribution in [2.45, 2.75) is 45.3 Å². The maximum atomic E-state index is 14.2. The Morgan fingerprint density at radius 1 is 1.16 bits per heavy atom. The molecule has 4 aromatic rings. The van der Waals surface area contributed by atoms with E-state index in [9.17, 15) is 27.6 Å². The van der Waals surface area contributed by atoms with Gasteiger partial charge in [0.15, 0.2) is 11.5 Å². The van der Waals surface area contributed by atoms with Gasteiger partial charge in [-0.05, 0) is 61.0 Å². The number of carbonyl (C=O) groups excluding carboxylic acids is 2. The topological polar surface area (TPSA) is 139 Å². The predicted octanol–water partition coefficient (Wildman–Crippen LogP) is 4.35. The molecule has 2 N–H and O–H groups in total. The van der Waals surface area contributed by atoms with E-state index in [0.29, 0.717) is 75.1 Å². The lowest BCUT2D eigenvalue weighted by Gasteiger charge is -2.36. The summed E-state index contributed by atoms with van der Waals surface area (Å²) in [4.78, 5) is 50.6. The van der Waals surface area contributed by atoms with Crippen LogP contribution in [0.15, 0.2) is 29.1 Å². The number of aryl methyl sites for hydroxylation is 1. The number of anilines is 3. The largest absolute Gasteiger partial charge is 0.416 e. The molecule has 1 saturated heterocycles. The number of nitrogens with zero attached hydrogens (tertiary/aromatic N) is 7. The maximum absolute atomic E-state index is 14.2. The van der Waals surface area contributed by atoms with Gasteiger partial charge in [-0.15, -0.1) is 5.10 Å². The highest BCUT2D eigenvalue weighted by atomic mass is 35.5. The summed E-state index contributed by atoms with van der Waals surface area (Å²) in [5, 5.41) is 10.2. The van der Waals surface area contributed by atoms with Gasteiger partial charge in [0.1, 0.15) is 12.2 Å². The summed E-state index contributed by atoms with van der Waals surface area (Å²) in [6.07, 6.45) is 0.0108. The van der Waals surface area contributed by atoms with Crippen LogP contribution < -0.4 is 21.1 Å². The van der Waals surface area contributed by atoms with E-state index in [1.54, 1.807) is 9.47 Å². The highest BCUT2D eigenvalue weighted by molar-refractivity contribution is 7.06. The minimum Gasteiger partial charge on any atom is -0.382 e. The number of benzene rings is 1. The monoisotopic (exact) mass is 731 g/mol. The molecule has 1 aromatic carbocycles. The molecule has 3 aromatic heterocycles. The molecule has 1 fully saturated rings. The first-order valence-corrected chi connectivity index (χ1v) is 17.4. The molecule has 0 saturated carbocycles. The van der Waals surface area contributed by atoms with Crippen LogP contribution in [0.5, 0.6) is 0 Å². The molecule has 0 unspecified atom stereocenters. The molecule has 0 radical (unpaired) electrons. The van der Waals surface area contributed by atoms with E-state index < -0.39 is 23.2 Å². The standard InChI is InChI=1S/C32H33ClF3N9O4S/c1-2-22-27(42-10-12-43(13-11-42)29(47)26-25-23(50-41-26)4-3-9-37-25)30(48)45-31(39-28(40-45)18-7-14-49-15-8-18)44(22)17-24(46)38-21-6-5-19(16-20(21)33)32(34,35)36/h5-7,16,37H,2-4,8-15,17H2,1H3,(H,38,46). The van der Waals surface area contributed by atoms with Gasteiger partial charge in [-0.1, -0.05) is 24.6 Å². The van der Waals surface area contributed by atoms with Gasteiger partial charge in [0.25, 0.3) is 11.5 Å². The van der Waals surface area contributed by atoms with Crippen LogP contribution in [0.3, 0.4) is 0 Å². The Morgan fingerprint density at radius 2 is 1.96 bits per heavy atom. The van der Waals surface area contributed by atoms with Gasteiger partial charge in [0.05, 0.1) is 40.9 Å². The molecule has 50 heavy (non-hydrogen) atoms. The molecule has 0 atom stereocenters. The number of fused-ring (bicyclic) bond motifs is 2. The minimum absolute atomic E-state index is 0.00638. The van der Waals surface area contributed by atoms with Gasteiger partial charge in [-0.25, -0.2) is 0 Å². The molecule has 2 amide bonds. The number of rotatable bonds is 7. The number of halogens is 4. The molecule has 264 valence electrons. The Kier molecular flexibility index (Phi) is 9.30. The van der Waals surface area contributed by atoms with E-state index in [1.807, 2.05) is 17.9 Å². The predicted molar refractivity (Wildman–Crippen MR) is 182 cm³/mol. The third kappa shape index (κ3) is 6.44. The number of aromatic nitrogens is 5. The number of amides is 2. The van der Waals surface area contributed by atoms with E-state index >= 15 is 0 Å². The van der Waals surface area contributed by atoms with E-state index in [2.05, 4.69) is 25.1 Å². The second kappa shape index (κ2) is 13.7. The van der Waals surface area contributed by atoms with Crippen molar-refractivity contribution in [1.29, 1.82) is 0 Å². The third-order valence-corrected chi connectivity index (χ3v) is 10.2. The smallest absolute Gasteiger partial charge is 0.382 e. The van der Waals surface area contributed by atoms with E-state index in [4.69, 9.17) is 16.3 Å². The number of alkyl halides is 3. The normalized spacial score (nSPS) is 16.6. The number of hydrogen-bond acceptors (Lipinski definition) is 10. The number of carbonyl (C=O) groups is 2. The summed E-state index contributed by atoms with van der Waals surface area (Å²) in [6.45, 7) is 4.52. The van der Waals surface area contributed by atoms with E-state index in [0.717, 1.165) is 53.7 Å². The molecule has 18 heteroatoms. The molecule has 0 bridgehead atoms. The lowest BCUT2D eigenvalue weighted by molar-refractivity contribution is -0.137. The fraction of sp³-hybridized carbons (Fsp3) is 0.438. The average molecular weight is 732 g/mol. The number of nitrogens with one attached hydrogen (secondary N) is 2. The van der Waals surface area contributed by atoms with Gasteiger partial charge in [0, 0.05) is 37.6 Å². The van der Waals surface area contributed by atoms with Gasteiger partial charge in [-0.3, -0.25) is 14.4 Å². The first-order chi connectivity index (χ1) is 24.0. The lowest BCUT2D eigenvalue weighted by Crippen LogP contribution is -2.51. The first-order valence-electron chi connectivity index (χ1n) is 16.3.